The fraction of sp³-hybridized carbons (Fsp3) is 0.357. The van der Waals surface area contributed by atoms with Gasteiger partial charge in [0.15, 0.2) is 0 Å². The van der Waals surface area contributed by atoms with Gasteiger partial charge in [0.05, 0.1) is 13.2 Å². The maximum Gasteiger partial charge on any atom is 0.314 e. The number of nitrogens with one attached hydrogen (secondary N) is 1. The van der Waals surface area contributed by atoms with Crippen LogP contribution in [0.15, 0.2) is 24.3 Å². The Morgan fingerprint density at radius 1 is 1.44 bits per heavy atom. The maximum atomic E-state index is 11.4. The minimum Gasteiger partial charge on any atom is -0.481 e. The molecule has 2 heterocycles. The largest absolute Gasteiger partial charge is 0.481 e. The Morgan fingerprint density at radius 3 is 2.78 bits per heavy atom. The van der Waals surface area contributed by atoms with E-state index in [9.17, 15) is 9.90 Å². The van der Waals surface area contributed by atoms with Crippen LogP contribution in [0.4, 0.5) is 0 Å². The number of aliphatic carboxylic acids is 1. The van der Waals surface area contributed by atoms with Crippen LogP contribution in [0.1, 0.15) is 11.3 Å². The molecule has 1 aliphatic rings. The number of fused-ring (bicyclic) bond motifs is 1. The molecule has 4 heteroatoms. The van der Waals surface area contributed by atoms with Gasteiger partial charge in [0, 0.05) is 16.6 Å². The summed E-state index contributed by atoms with van der Waals surface area (Å²) in [5.41, 5.74) is 2.46. The Balaban J connectivity index is 2.04. The van der Waals surface area contributed by atoms with Crippen LogP contribution in [0.2, 0.25) is 0 Å². The predicted octanol–water partition coefficient (Wildman–Crippen LogP) is 2.12. The van der Waals surface area contributed by atoms with Crippen LogP contribution in [0.5, 0.6) is 0 Å². The molecule has 1 aromatic carbocycles. The molecular weight excluding hydrogens is 230 g/mol. The summed E-state index contributed by atoms with van der Waals surface area (Å²) in [6.45, 7) is 2.60. The zero-order valence-corrected chi connectivity index (χ0v) is 10.2. The zero-order chi connectivity index (χ0) is 12.8. The normalized spacial score (nSPS) is 17.6. The van der Waals surface area contributed by atoms with E-state index in [4.69, 9.17) is 4.74 Å². The van der Waals surface area contributed by atoms with Crippen LogP contribution < -0.4 is 0 Å². The van der Waals surface area contributed by atoms with Crippen LogP contribution in [0.3, 0.4) is 0 Å². The molecule has 1 aliphatic heterocycles. The molecule has 18 heavy (non-hydrogen) atoms. The minimum atomic E-state index is -0.765. The fourth-order valence-electron chi connectivity index (χ4n) is 2.55. The third kappa shape index (κ3) is 1.53. The molecule has 0 unspecified atom stereocenters. The van der Waals surface area contributed by atoms with Crippen molar-refractivity contribution in [3.05, 3.63) is 35.5 Å². The Kier molecular flexibility index (Phi) is 2.41. The van der Waals surface area contributed by atoms with E-state index in [0.29, 0.717) is 19.6 Å². The average molecular weight is 245 g/mol. The number of carboxylic acids is 1. The number of aromatic amines is 1. The molecule has 2 N–H and O–H groups in total. The summed E-state index contributed by atoms with van der Waals surface area (Å²) in [5.74, 6) is -0.765. The van der Waals surface area contributed by atoms with Crippen molar-refractivity contribution >= 4 is 16.9 Å². The van der Waals surface area contributed by atoms with Crippen molar-refractivity contribution in [2.24, 2.45) is 5.41 Å². The first-order chi connectivity index (χ1) is 8.62. The molecule has 1 fully saturated rings. The fourth-order valence-corrected chi connectivity index (χ4v) is 2.55. The zero-order valence-electron chi connectivity index (χ0n) is 10.2. The van der Waals surface area contributed by atoms with Crippen molar-refractivity contribution in [3.8, 4) is 0 Å². The molecule has 0 radical (unpaired) electrons. The van der Waals surface area contributed by atoms with Crippen molar-refractivity contribution < 1.29 is 14.6 Å². The van der Waals surface area contributed by atoms with E-state index in [2.05, 4.69) is 4.98 Å². The van der Waals surface area contributed by atoms with Crippen LogP contribution >= 0.6 is 0 Å². The molecule has 0 saturated carbocycles. The van der Waals surface area contributed by atoms with Gasteiger partial charge < -0.3 is 14.8 Å². The molecule has 2 aromatic rings. The SMILES string of the molecule is Cc1[nH]c2ccccc2c1CC1(C(=O)O)COC1. The topological polar surface area (TPSA) is 62.3 Å². The second kappa shape index (κ2) is 3.85. The van der Waals surface area contributed by atoms with Gasteiger partial charge in [-0.15, -0.1) is 0 Å². The van der Waals surface area contributed by atoms with Gasteiger partial charge in [0.2, 0.25) is 0 Å². The van der Waals surface area contributed by atoms with E-state index in [1.54, 1.807) is 0 Å². The highest BCUT2D eigenvalue weighted by molar-refractivity contribution is 5.86. The Hall–Kier alpha value is -1.81. The van der Waals surface area contributed by atoms with E-state index in [-0.39, 0.29) is 0 Å². The van der Waals surface area contributed by atoms with Crippen molar-refractivity contribution in [3.63, 3.8) is 0 Å². The number of para-hydroxylation sites is 1. The van der Waals surface area contributed by atoms with Crippen molar-refractivity contribution in [2.45, 2.75) is 13.3 Å². The molecule has 0 bridgehead atoms. The first kappa shape index (κ1) is 11.3. The Labute approximate surface area is 105 Å². The van der Waals surface area contributed by atoms with Gasteiger partial charge in [0.25, 0.3) is 0 Å². The van der Waals surface area contributed by atoms with E-state index < -0.39 is 11.4 Å². The van der Waals surface area contributed by atoms with E-state index in [1.165, 1.54) is 0 Å². The minimum absolute atomic E-state index is 0.307. The number of rotatable bonds is 3. The number of ether oxygens (including phenoxy) is 1. The number of aryl methyl sites for hydroxylation is 1. The molecular formula is C14H15NO3. The molecule has 1 saturated heterocycles. The molecule has 0 atom stereocenters. The molecule has 0 aliphatic carbocycles. The molecule has 0 amide bonds. The second-order valence-electron chi connectivity index (χ2n) is 5.03. The summed E-state index contributed by atoms with van der Waals surface area (Å²) in [5, 5.41) is 10.5. The van der Waals surface area contributed by atoms with Crippen LogP contribution in [-0.4, -0.2) is 29.3 Å². The summed E-state index contributed by atoms with van der Waals surface area (Å²) in [6.07, 6.45) is 0.526. The lowest BCUT2D eigenvalue weighted by atomic mass is 9.79. The molecule has 94 valence electrons. The second-order valence-corrected chi connectivity index (χ2v) is 5.03. The number of benzene rings is 1. The van der Waals surface area contributed by atoms with Crippen molar-refractivity contribution in [1.29, 1.82) is 0 Å². The summed E-state index contributed by atoms with van der Waals surface area (Å²) >= 11 is 0. The highest BCUT2D eigenvalue weighted by atomic mass is 16.5. The maximum absolute atomic E-state index is 11.4. The van der Waals surface area contributed by atoms with E-state index in [1.807, 2.05) is 31.2 Å². The summed E-state index contributed by atoms with van der Waals surface area (Å²) < 4.78 is 5.11. The quantitative estimate of drug-likeness (QED) is 0.870. The van der Waals surface area contributed by atoms with Crippen LogP contribution in [0.25, 0.3) is 10.9 Å². The lowest BCUT2D eigenvalue weighted by Crippen LogP contribution is -2.50. The Morgan fingerprint density at radius 2 is 2.17 bits per heavy atom. The van der Waals surface area contributed by atoms with E-state index in [0.717, 1.165) is 22.2 Å². The number of hydrogen-bond acceptors (Lipinski definition) is 2. The summed E-state index contributed by atoms with van der Waals surface area (Å²) in [4.78, 5) is 14.7. The van der Waals surface area contributed by atoms with Gasteiger partial charge >= 0.3 is 5.97 Å². The third-order valence-electron chi connectivity index (χ3n) is 3.75. The smallest absolute Gasteiger partial charge is 0.314 e. The molecule has 4 nitrogen and oxygen atoms in total. The standard InChI is InChI=1S/C14H15NO3/c1-9-11(6-14(13(16)17)7-18-8-14)10-4-2-3-5-12(10)15-9/h2-5,15H,6-8H2,1H3,(H,16,17). The van der Waals surface area contributed by atoms with Gasteiger partial charge in [-0.2, -0.15) is 0 Å². The number of aromatic nitrogens is 1. The van der Waals surface area contributed by atoms with Crippen molar-refractivity contribution in [2.75, 3.05) is 13.2 Å². The summed E-state index contributed by atoms with van der Waals surface area (Å²) in [6, 6.07) is 7.99. The van der Waals surface area contributed by atoms with Crippen molar-refractivity contribution in [1.82, 2.24) is 4.98 Å². The van der Waals surface area contributed by atoms with E-state index >= 15 is 0 Å². The highest BCUT2D eigenvalue weighted by Gasteiger charge is 2.46. The lowest BCUT2D eigenvalue weighted by molar-refractivity contribution is -0.179. The number of H-pyrrole nitrogens is 1. The number of hydrogen-bond donors (Lipinski definition) is 2. The monoisotopic (exact) mass is 245 g/mol. The first-order valence-electron chi connectivity index (χ1n) is 6.00. The molecule has 3 rings (SSSR count). The van der Waals surface area contributed by atoms with Crippen LogP contribution in [-0.2, 0) is 16.0 Å². The van der Waals surface area contributed by atoms with Crippen LogP contribution in [0, 0.1) is 12.3 Å². The third-order valence-corrected chi connectivity index (χ3v) is 3.75. The first-order valence-corrected chi connectivity index (χ1v) is 6.00. The highest BCUT2D eigenvalue weighted by Crippen LogP contribution is 2.35. The molecule has 0 spiro atoms. The van der Waals surface area contributed by atoms with Gasteiger partial charge in [-0.05, 0) is 25.0 Å². The van der Waals surface area contributed by atoms with Gasteiger partial charge in [-0.25, -0.2) is 0 Å². The summed E-state index contributed by atoms with van der Waals surface area (Å²) in [7, 11) is 0. The molecule has 1 aromatic heterocycles. The van der Waals surface area contributed by atoms with Gasteiger partial charge in [0.1, 0.15) is 5.41 Å². The predicted molar refractivity (Wildman–Crippen MR) is 67.6 cm³/mol. The average Bonchev–Trinajstić information content (AvgIpc) is 2.59. The van der Waals surface area contributed by atoms with Gasteiger partial charge in [-0.3, -0.25) is 4.79 Å². The number of carbonyl (C=O) groups is 1. The lowest BCUT2D eigenvalue weighted by Gasteiger charge is -2.37. The Bertz CT molecular complexity index is 611. The van der Waals surface area contributed by atoms with Gasteiger partial charge in [-0.1, -0.05) is 18.2 Å². The number of carboxylic acid groups (broad SMARTS) is 1.